The summed E-state index contributed by atoms with van der Waals surface area (Å²) in [6, 6.07) is 13.6. The second-order valence-corrected chi connectivity index (χ2v) is 5.66. The molecule has 0 bridgehead atoms. The molecule has 0 atom stereocenters. The molecule has 0 aliphatic heterocycles. The molecule has 0 saturated carbocycles. The van der Waals surface area contributed by atoms with E-state index in [1.165, 1.54) is 31.2 Å². The van der Waals surface area contributed by atoms with Crippen LogP contribution in [0, 0.1) is 6.92 Å². The van der Waals surface area contributed by atoms with Gasteiger partial charge in [-0.25, -0.2) is 9.48 Å². The first kappa shape index (κ1) is 18.4. The molecule has 8 heteroatoms. The van der Waals surface area contributed by atoms with Crippen LogP contribution in [0.4, 0.5) is 13.2 Å². The summed E-state index contributed by atoms with van der Waals surface area (Å²) >= 11 is 0. The van der Waals surface area contributed by atoms with E-state index in [4.69, 9.17) is 4.74 Å². The fraction of sp³-hybridized carbons (Fsp3) is 0.105. The Balaban J connectivity index is 2.02. The summed E-state index contributed by atoms with van der Waals surface area (Å²) < 4.78 is 45.0. The van der Waals surface area contributed by atoms with Crippen LogP contribution in [0.5, 0.6) is 5.75 Å². The number of para-hydroxylation sites is 1. The normalized spacial score (nSPS) is 11.3. The van der Waals surface area contributed by atoms with Gasteiger partial charge in [0.1, 0.15) is 5.75 Å². The van der Waals surface area contributed by atoms with Gasteiger partial charge < -0.3 is 4.74 Å². The number of ether oxygens (including phenoxy) is 1. The molecule has 0 fully saturated rings. The Labute approximate surface area is 151 Å². The number of rotatable bonds is 3. The Bertz CT molecular complexity index is 1040. The molecule has 1 heterocycles. The number of esters is 1. The Kier molecular flexibility index (Phi) is 4.81. The lowest BCUT2D eigenvalue weighted by molar-refractivity contribution is -0.137. The highest BCUT2D eigenvalue weighted by Gasteiger charge is 2.30. The zero-order valence-corrected chi connectivity index (χ0v) is 14.0. The van der Waals surface area contributed by atoms with E-state index in [0.29, 0.717) is 0 Å². The van der Waals surface area contributed by atoms with Gasteiger partial charge >= 0.3 is 12.1 Å². The number of carbonyl (C=O) groups is 1. The van der Waals surface area contributed by atoms with E-state index in [9.17, 15) is 22.8 Å². The van der Waals surface area contributed by atoms with Crippen LogP contribution in [-0.4, -0.2) is 15.7 Å². The third kappa shape index (κ3) is 4.05. The van der Waals surface area contributed by atoms with Crippen molar-refractivity contribution in [3.63, 3.8) is 0 Å². The van der Waals surface area contributed by atoms with Crippen LogP contribution in [0.2, 0.25) is 0 Å². The van der Waals surface area contributed by atoms with E-state index < -0.39 is 28.8 Å². The standard InChI is InChI=1S/C19H13F3N2O3/c1-12-10-16(25)17(18(26)27-15-8-3-2-4-9-15)23-24(12)14-7-5-6-13(11-14)19(20,21)22/h2-11H,1H3. The van der Waals surface area contributed by atoms with E-state index in [2.05, 4.69) is 5.10 Å². The molecular formula is C19H13F3N2O3. The first-order valence-corrected chi connectivity index (χ1v) is 7.81. The number of aryl methyl sites for hydroxylation is 1. The number of alkyl halides is 3. The molecule has 3 aromatic rings. The van der Waals surface area contributed by atoms with Gasteiger partial charge in [0.2, 0.25) is 11.1 Å². The number of carbonyl (C=O) groups excluding carboxylic acids is 1. The van der Waals surface area contributed by atoms with Crippen molar-refractivity contribution in [2.45, 2.75) is 13.1 Å². The number of hydrogen-bond acceptors (Lipinski definition) is 4. The van der Waals surface area contributed by atoms with E-state index in [1.54, 1.807) is 18.2 Å². The maximum absolute atomic E-state index is 12.9. The molecule has 5 nitrogen and oxygen atoms in total. The second kappa shape index (κ2) is 7.06. The topological polar surface area (TPSA) is 61.2 Å². The fourth-order valence-electron chi connectivity index (χ4n) is 2.41. The van der Waals surface area contributed by atoms with Crippen LogP contribution >= 0.6 is 0 Å². The third-order valence-electron chi connectivity index (χ3n) is 3.67. The first-order valence-electron chi connectivity index (χ1n) is 7.81. The predicted molar refractivity (Wildman–Crippen MR) is 91.0 cm³/mol. The van der Waals surface area contributed by atoms with E-state index in [1.807, 2.05) is 0 Å². The minimum atomic E-state index is -4.53. The van der Waals surface area contributed by atoms with Gasteiger partial charge in [0.05, 0.1) is 11.3 Å². The van der Waals surface area contributed by atoms with Gasteiger partial charge in [-0.1, -0.05) is 24.3 Å². The van der Waals surface area contributed by atoms with Crippen molar-refractivity contribution in [2.75, 3.05) is 0 Å². The minimum Gasteiger partial charge on any atom is -0.422 e. The third-order valence-corrected chi connectivity index (χ3v) is 3.67. The quantitative estimate of drug-likeness (QED) is 0.517. The molecule has 0 spiro atoms. The molecule has 1 aromatic heterocycles. The molecule has 2 aromatic carbocycles. The summed E-state index contributed by atoms with van der Waals surface area (Å²) in [7, 11) is 0. The zero-order valence-electron chi connectivity index (χ0n) is 14.0. The monoisotopic (exact) mass is 374 g/mol. The fourth-order valence-corrected chi connectivity index (χ4v) is 2.41. The summed E-state index contributed by atoms with van der Waals surface area (Å²) in [5.74, 6) is -0.776. The smallest absolute Gasteiger partial charge is 0.416 e. The largest absolute Gasteiger partial charge is 0.422 e. The van der Waals surface area contributed by atoms with Crippen molar-refractivity contribution in [3.05, 3.63) is 87.8 Å². The number of nitrogens with zero attached hydrogens (tertiary/aromatic N) is 2. The maximum atomic E-state index is 12.9. The Morgan fingerprint density at radius 2 is 1.74 bits per heavy atom. The van der Waals surface area contributed by atoms with Gasteiger partial charge in [-0.05, 0) is 37.3 Å². The molecule has 0 radical (unpaired) electrons. The highest BCUT2D eigenvalue weighted by atomic mass is 19.4. The van der Waals surface area contributed by atoms with Gasteiger partial charge in [0, 0.05) is 11.8 Å². The average molecular weight is 374 g/mol. The minimum absolute atomic E-state index is 0.0658. The molecule has 3 rings (SSSR count). The predicted octanol–water partition coefficient (Wildman–Crippen LogP) is 3.78. The van der Waals surface area contributed by atoms with Crippen LogP contribution in [0.3, 0.4) is 0 Å². The molecule has 0 aliphatic rings. The molecule has 0 unspecified atom stereocenters. The average Bonchev–Trinajstić information content (AvgIpc) is 2.62. The number of hydrogen-bond donors (Lipinski definition) is 0. The summed E-state index contributed by atoms with van der Waals surface area (Å²) in [5.41, 5.74) is -1.74. The number of benzene rings is 2. The van der Waals surface area contributed by atoms with Crippen molar-refractivity contribution in [2.24, 2.45) is 0 Å². The summed E-state index contributed by atoms with van der Waals surface area (Å²) in [6.07, 6.45) is -4.53. The van der Waals surface area contributed by atoms with Crippen LogP contribution in [-0.2, 0) is 6.18 Å². The van der Waals surface area contributed by atoms with Crippen molar-refractivity contribution < 1.29 is 22.7 Å². The van der Waals surface area contributed by atoms with Crippen molar-refractivity contribution in [1.29, 1.82) is 0 Å². The van der Waals surface area contributed by atoms with Crippen LogP contribution in [0.1, 0.15) is 21.7 Å². The van der Waals surface area contributed by atoms with Gasteiger partial charge in [-0.2, -0.15) is 18.3 Å². The molecule has 0 saturated heterocycles. The SMILES string of the molecule is Cc1cc(=O)c(C(=O)Oc2ccccc2)nn1-c1cccc(C(F)(F)F)c1. The Hall–Kier alpha value is -3.42. The molecule has 27 heavy (non-hydrogen) atoms. The molecule has 0 amide bonds. The van der Waals surface area contributed by atoms with Gasteiger partial charge in [0.25, 0.3) is 0 Å². The van der Waals surface area contributed by atoms with Crippen LogP contribution < -0.4 is 10.2 Å². The summed E-state index contributed by atoms with van der Waals surface area (Å²) in [4.78, 5) is 24.4. The van der Waals surface area contributed by atoms with E-state index >= 15 is 0 Å². The summed E-state index contributed by atoms with van der Waals surface area (Å²) in [6.45, 7) is 1.50. The van der Waals surface area contributed by atoms with Gasteiger partial charge in [-0.15, -0.1) is 0 Å². The lowest BCUT2D eigenvalue weighted by Gasteiger charge is -2.13. The van der Waals surface area contributed by atoms with E-state index in [0.717, 1.165) is 22.9 Å². The van der Waals surface area contributed by atoms with Crippen molar-refractivity contribution >= 4 is 5.97 Å². The first-order chi connectivity index (χ1) is 12.8. The molecule has 0 N–H and O–H groups in total. The van der Waals surface area contributed by atoms with Crippen molar-refractivity contribution in [1.82, 2.24) is 9.78 Å². The summed E-state index contributed by atoms with van der Waals surface area (Å²) in [5, 5.41) is 3.92. The highest BCUT2D eigenvalue weighted by molar-refractivity contribution is 5.88. The van der Waals surface area contributed by atoms with Crippen LogP contribution in [0.25, 0.3) is 5.69 Å². The lowest BCUT2D eigenvalue weighted by Crippen LogP contribution is -2.25. The van der Waals surface area contributed by atoms with Crippen LogP contribution in [0.15, 0.2) is 65.5 Å². The van der Waals surface area contributed by atoms with Gasteiger partial charge in [0.15, 0.2) is 0 Å². The second-order valence-electron chi connectivity index (χ2n) is 5.66. The number of aromatic nitrogens is 2. The van der Waals surface area contributed by atoms with Gasteiger partial charge in [-0.3, -0.25) is 4.79 Å². The Morgan fingerprint density at radius 1 is 1.04 bits per heavy atom. The molecular weight excluding hydrogens is 361 g/mol. The maximum Gasteiger partial charge on any atom is 0.416 e. The number of halogens is 3. The molecule has 138 valence electrons. The zero-order chi connectivity index (χ0) is 19.6. The van der Waals surface area contributed by atoms with Crippen molar-refractivity contribution in [3.8, 4) is 11.4 Å². The highest BCUT2D eigenvalue weighted by Crippen LogP contribution is 2.30. The Morgan fingerprint density at radius 3 is 2.41 bits per heavy atom. The van der Waals surface area contributed by atoms with E-state index in [-0.39, 0.29) is 17.1 Å². The molecule has 0 aliphatic carbocycles. The lowest BCUT2D eigenvalue weighted by atomic mass is 10.2.